The molecule has 0 saturated carbocycles. The first-order chi connectivity index (χ1) is 13.6. The average molecular weight is 373 g/mol. The normalized spacial score (nSPS) is 12.2. The molecule has 28 heavy (non-hydrogen) atoms. The maximum absolute atomic E-state index is 12.5. The number of fused-ring (bicyclic) bond motifs is 3. The van der Waals surface area contributed by atoms with Crippen molar-refractivity contribution < 1.29 is 19.4 Å². The van der Waals surface area contributed by atoms with Gasteiger partial charge in [0.1, 0.15) is 6.61 Å². The second-order valence-corrected chi connectivity index (χ2v) is 6.72. The molecule has 1 amide bonds. The number of hydrogen-bond donors (Lipinski definition) is 1. The van der Waals surface area contributed by atoms with Gasteiger partial charge in [-0.2, -0.15) is 0 Å². The van der Waals surface area contributed by atoms with E-state index >= 15 is 0 Å². The van der Waals surface area contributed by atoms with Crippen molar-refractivity contribution in [3.05, 3.63) is 89.5 Å². The van der Waals surface area contributed by atoms with Crippen molar-refractivity contribution in [2.45, 2.75) is 5.92 Å². The van der Waals surface area contributed by atoms with Gasteiger partial charge in [0.2, 0.25) is 0 Å². The second-order valence-electron chi connectivity index (χ2n) is 6.72. The molecule has 140 valence electrons. The number of aromatic carboxylic acids is 1. The van der Waals surface area contributed by atoms with E-state index in [1.807, 2.05) is 24.3 Å². The summed E-state index contributed by atoms with van der Waals surface area (Å²) in [6, 6.07) is 22.4. The van der Waals surface area contributed by atoms with Gasteiger partial charge in [-0.1, -0.05) is 48.5 Å². The largest absolute Gasteiger partial charge is 0.478 e. The van der Waals surface area contributed by atoms with Crippen molar-refractivity contribution in [2.24, 2.45) is 0 Å². The Morgan fingerprint density at radius 1 is 0.893 bits per heavy atom. The molecule has 0 fully saturated rings. The second kappa shape index (κ2) is 7.19. The van der Waals surface area contributed by atoms with Crippen molar-refractivity contribution in [1.82, 2.24) is 0 Å². The van der Waals surface area contributed by atoms with Crippen LogP contribution in [0.15, 0.2) is 72.8 Å². The molecule has 1 aliphatic carbocycles. The lowest BCUT2D eigenvalue weighted by Crippen LogP contribution is -2.28. The molecule has 3 aromatic rings. The molecular formula is C23H19NO4. The summed E-state index contributed by atoms with van der Waals surface area (Å²) in [6.07, 6.45) is -0.482. The van der Waals surface area contributed by atoms with Crippen LogP contribution < -0.4 is 4.90 Å². The molecule has 0 aromatic heterocycles. The SMILES string of the molecule is CN(C(=O)OCC1c2ccccc2-c2ccccc21)c1ccc(C(=O)O)cc1. The van der Waals surface area contributed by atoms with Gasteiger partial charge in [0, 0.05) is 18.7 Å². The molecule has 0 spiro atoms. The van der Waals surface area contributed by atoms with Crippen LogP contribution in [0, 0.1) is 0 Å². The molecule has 5 nitrogen and oxygen atoms in total. The van der Waals surface area contributed by atoms with E-state index in [1.54, 1.807) is 19.2 Å². The number of rotatable bonds is 4. The van der Waals surface area contributed by atoms with Crippen molar-refractivity contribution in [1.29, 1.82) is 0 Å². The summed E-state index contributed by atoms with van der Waals surface area (Å²) < 4.78 is 5.60. The standard InChI is InChI=1S/C23H19NO4/c1-24(16-12-10-15(11-13-16)22(25)26)23(27)28-14-21-19-8-4-2-6-17(19)18-7-3-5-9-20(18)21/h2-13,21H,14H2,1H3,(H,25,26). The maximum atomic E-state index is 12.5. The first-order valence-electron chi connectivity index (χ1n) is 8.98. The molecule has 0 radical (unpaired) electrons. The van der Waals surface area contributed by atoms with Gasteiger partial charge >= 0.3 is 12.1 Å². The van der Waals surface area contributed by atoms with Gasteiger partial charge in [0.05, 0.1) is 5.56 Å². The van der Waals surface area contributed by atoms with E-state index in [-0.39, 0.29) is 18.1 Å². The Labute approximate surface area is 162 Å². The van der Waals surface area contributed by atoms with Crippen LogP contribution in [0.5, 0.6) is 0 Å². The van der Waals surface area contributed by atoms with Crippen LogP contribution >= 0.6 is 0 Å². The predicted octanol–water partition coefficient (Wildman–Crippen LogP) is 4.77. The lowest BCUT2D eigenvalue weighted by Gasteiger charge is -2.20. The fraction of sp³-hybridized carbons (Fsp3) is 0.130. The molecule has 0 bridgehead atoms. The third kappa shape index (κ3) is 3.11. The van der Waals surface area contributed by atoms with E-state index in [0.29, 0.717) is 5.69 Å². The van der Waals surface area contributed by atoms with Crippen molar-refractivity contribution in [2.75, 3.05) is 18.6 Å². The number of ether oxygens (including phenoxy) is 1. The minimum absolute atomic E-state index is 0.000800. The molecule has 0 heterocycles. The number of carbonyl (C=O) groups excluding carboxylic acids is 1. The van der Waals surface area contributed by atoms with E-state index in [9.17, 15) is 9.59 Å². The third-order valence-corrected chi connectivity index (χ3v) is 5.11. The zero-order valence-corrected chi connectivity index (χ0v) is 15.3. The minimum Gasteiger partial charge on any atom is -0.478 e. The van der Waals surface area contributed by atoms with E-state index in [2.05, 4.69) is 24.3 Å². The van der Waals surface area contributed by atoms with Crippen LogP contribution in [0.2, 0.25) is 0 Å². The van der Waals surface area contributed by atoms with Gasteiger partial charge in [0.25, 0.3) is 0 Å². The maximum Gasteiger partial charge on any atom is 0.414 e. The molecule has 1 N–H and O–H groups in total. The van der Waals surface area contributed by atoms with Crippen LogP contribution in [0.3, 0.4) is 0 Å². The summed E-state index contributed by atoms with van der Waals surface area (Å²) in [4.78, 5) is 24.9. The first-order valence-corrected chi connectivity index (χ1v) is 8.98. The summed E-state index contributed by atoms with van der Waals surface area (Å²) in [5, 5.41) is 8.98. The molecule has 5 heteroatoms. The highest BCUT2D eigenvalue weighted by molar-refractivity contribution is 5.90. The van der Waals surface area contributed by atoms with Gasteiger partial charge in [-0.3, -0.25) is 4.90 Å². The number of carboxylic acid groups (broad SMARTS) is 1. The first kappa shape index (κ1) is 17.8. The Hall–Kier alpha value is -3.60. The van der Waals surface area contributed by atoms with Crippen LogP contribution in [-0.4, -0.2) is 30.8 Å². The van der Waals surface area contributed by atoms with Crippen molar-refractivity contribution in [3.63, 3.8) is 0 Å². The number of benzene rings is 3. The number of carboxylic acids is 1. The van der Waals surface area contributed by atoms with Crippen molar-refractivity contribution >= 4 is 17.7 Å². The number of nitrogens with zero attached hydrogens (tertiary/aromatic N) is 1. The molecule has 0 saturated heterocycles. The molecule has 1 aliphatic rings. The molecule has 3 aromatic carbocycles. The minimum atomic E-state index is -1.00. The van der Waals surface area contributed by atoms with Crippen LogP contribution in [0.1, 0.15) is 27.4 Å². The highest BCUT2D eigenvalue weighted by Gasteiger charge is 2.29. The Morgan fingerprint density at radius 2 is 1.43 bits per heavy atom. The molecule has 0 atom stereocenters. The lowest BCUT2D eigenvalue weighted by atomic mass is 9.98. The Kier molecular flexibility index (Phi) is 4.57. The molecule has 4 rings (SSSR count). The predicted molar refractivity (Wildman–Crippen MR) is 107 cm³/mol. The van der Waals surface area contributed by atoms with E-state index in [4.69, 9.17) is 9.84 Å². The van der Waals surface area contributed by atoms with E-state index in [1.165, 1.54) is 28.2 Å². The summed E-state index contributed by atoms with van der Waals surface area (Å²) in [5.74, 6) is -1.01. The average Bonchev–Trinajstić information content (AvgIpc) is 3.05. The monoisotopic (exact) mass is 373 g/mol. The van der Waals surface area contributed by atoms with Gasteiger partial charge in [-0.15, -0.1) is 0 Å². The number of hydrogen-bond acceptors (Lipinski definition) is 3. The molecular weight excluding hydrogens is 354 g/mol. The van der Waals surface area contributed by atoms with Gasteiger partial charge < -0.3 is 9.84 Å². The summed E-state index contributed by atoms with van der Waals surface area (Å²) >= 11 is 0. The summed E-state index contributed by atoms with van der Waals surface area (Å²) in [6.45, 7) is 0.240. The van der Waals surface area contributed by atoms with Crippen LogP contribution in [0.4, 0.5) is 10.5 Å². The fourth-order valence-corrected chi connectivity index (χ4v) is 3.62. The highest BCUT2D eigenvalue weighted by atomic mass is 16.6. The quantitative estimate of drug-likeness (QED) is 0.715. The van der Waals surface area contributed by atoms with Gasteiger partial charge in [-0.05, 0) is 46.5 Å². The summed E-state index contributed by atoms with van der Waals surface area (Å²) in [7, 11) is 1.61. The third-order valence-electron chi connectivity index (χ3n) is 5.11. The van der Waals surface area contributed by atoms with E-state index in [0.717, 1.165) is 11.1 Å². The molecule has 0 aliphatic heterocycles. The number of amides is 1. The zero-order chi connectivity index (χ0) is 19.7. The zero-order valence-electron chi connectivity index (χ0n) is 15.3. The van der Waals surface area contributed by atoms with E-state index < -0.39 is 12.1 Å². The summed E-state index contributed by atoms with van der Waals surface area (Å²) in [5.41, 5.74) is 5.41. The smallest absolute Gasteiger partial charge is 0.414 e. The Morgan fingerprint density at radius 3 is 1.96 bits per heavy atom. The lowest BCUT2D eigenvalue weighted by molar-refractivity contribution is 0.0697. The Bertz CT molecular complexity index is 997. The van der Waals surface area contributed by atoms with Crippen LogP contribution in [-0.2, 0) is 4.74 Å². The fourth-order valence-electron chi connectivity index (χ4n) is 3.62. The van der Waals surface area contributed by atoms with Crippen molar-refractivity contribution in [3.8, 4) is 11.1 Å². The highest BCUT2D eigenvalue weighted by Crippen LogP contribution is 2.44. The number of anilines is 1. The Balaban J connectivity index is 1.50. The van der Waals surface area contributed by atoms with Gasteiger partial charge in [0.15, 0.2) is 0 Å². The topological polar surface area (TPSA) is 66.8 Å². The van der Waals surface area contributed by atoms with Gasteiger partial charge in [-0.25, -0.2) is 9.59 Å². The molecule has 0 unspecified atom stereocenters. The number of carbonyl (C=O) groups is 2. The van der Waals surface area contributed by atoms with Crippen LogP contribution in [0.25, 0.3) is 11.1 Å².